The van der Waals surface area contributed by atoms with Crippen LogP contribution in [0.25, 0.3) is 0 Å². The fraction of sp³-hybridized carbons (Fsp3) is 0.909. The van der Waals surface area contributed by atoms with Gasteiger partial charge in [0.2, 0.25) is 0 Å². The number of nitrogens with zero attached hydrogens (tertiary/aromatic N) is 1. The van der Waals surface area contributed by atoms with E-state index in [9.17, 15) is 0 Å². The predicted molar refractivity (Wildman–Crippen MR) is 67.1 cm³/mol. The number of nitrogens with one attached hydrogen (secondary N) is 1. The van der Waals surface area contributed by atoms with Crippen LogP contribution in [0.3, 0.4) is 0 Å². The van der Waals surface area contributed by atoms with Crippen LogP contribution in [-0.4, -0.2) is 42.4 Å². The van der Waals surface area contributed by atoms with Gasteiger partial charge in [-0.15, -0.1) is 0 Å². The molecule has 0 aromatic rings. The van der Waals surface area contributed by atoms with Crippen LogP contribution in [0.1, 0.15) is 33.1 Å². The van der Waals surface area contributed by atoms with Crippen molar-refractivity contribution in [3.8, 4) is 0 Å². The van der Waals surface area contributed by atoms with Gasteiger partial charge in [0.05, 0.1) is 19.3 Å². The number of morpholine rings is 1. The maximum Gasteiger partial charge on any atom is 0.169 e. The van der Waals surface area contributed by atoms with E-state index in [1.54, 1.807) is 0 Å². The minimum absolute atomic E-state index is 0.459. The highest BCUT2D eigenvalue weighted by atomic mass is 32.1. The summed E-state index contributed by atoms with van der Waals surface area (Å²) in [6.45, 7) is 7.90. The summed E-state index contributed by atoms with van der Waals surface area (Å²) in [6.07, 6.45) is 3.48. The Labute approximate surface area is 98.2 Å². The Bertz CT molecular complexity index is 199. The molecule has 1 aliphatic rings. The molecule has 1 atom stereocenters. The van der Waals surface area contributed by atoms with E-state index in [1.807, 2.05) is 0 Å². The predicted octanol–water partition coefficient (Wildman–Crippen LogP) is 1.77. The lowest BCUT2D eigenvalue weighted by atomic mass is 10.2. The first kappa shape index (κ1) is 12.7. The number of hydrogen-bond donors (Lipinski definition) is 1. The van der Waals surface area contributed by atoms with Gasteiger partial charge in [-0.05, 0) is 25.1 Å². The van der Waals surface area contributed by atoms with Crippen LogP contribution in [0.2, 0.25) is 0 Å². The van der Waals surface area contributed by atoms with Crippen LogP contribution < -0.4 is 5.32 Å². The highest BCUT2D eigenvalue weighted by Crippen LogP contribution is 2.10. The second-order valence-corrected chi connectivity index (χ2v) is 4.30. The number of rotatable bonds is 4. The third kappa shape index (κ3) is 3.95. The zero-order chi connectivity index (χ0) is 11.1. The van der Waals surface area contributed by atoms with Crippen LogP contribution >= 0.6 is 12.2 Å². The molecule has 0 spiro atoms. The number of thiocarbonyl (C=S) groups is 1. The average Bonchev–Trinajstić information content (AvgIpc) is 2.29. The second kappa shape index (κ2) is 7.01. The normalized spacial score (nSPS) is 21.5. The Hall–Kier alpha value is -0.350. The minimum atomic E-state index is 0.459. The van der Waals surface area contributed by atoms with Crippen molar-refractivity contribution in [1.82, 2.24) is 10.2 Å². The van der Waals surface area contributed by atoms with E-state index in [2.05, 4.69) is 24.1 Å². The Kier molecular flexibility index (Phi) is 5.95. The van der Waals surface area contributed by atoms with Gasteiger partial charge in [0, 0.05) is 13.1 Å². The first-order valence-corrected chi connectivity index (χ1v) is 6.32. The quantitative estimate of drug-likeness (QED) is 0.588. The zero-order valence-electron chi connectivity index (χ0n) is 9.79. The Morgan fingerprint density at radius 2 is 2.33 bits per heavy atom. The molecule has 3 nitrogen and oxygen atoms in total. The van der Waals surface area contributed by atoms with Crippen molar-refractivity contribution < 1.29 is 4.74 Å². The van der Waals surface area contributed by atoms with Crippen LogP contribution in [0.4, 0.5) is 0 Å². The van der Waals surface area contributed by atoms with E-state index in [1.165, 1.54) is 12.8 Å². The average molecular weight is 230 g/mol. The van der Waals surface area contributed by atoms with Crippen LogP contribution in [0.15, 0.2) is 0 Å². The van der Waals surface area contributed by atoms with Gasteiger partial charge in [-0.1, -0.05) is 20.3 Å². The molecule has 1 heterocycles. The molecule has 88 valence electrons. The highest BCUT2D eigenvalue weighted by molar-refractivity contribution is 7.80. The molecule has 0 aliphatic carbocycles. The molecule has 1 fully saturated rings. The van der Waals surface area contributed by atoms with Crippen molar-refractivity contribution in [2.45, 2.75) is 39.2 Å². The second-order valence-electron chi connectivity index (χ2n) is 3.92. The van der Waals surface area contributed by atoms with Gasteiger partial charge >= 0.3 is 0 Å². The Balaban J connectivity index is 2.34. The molecule has 0 saturated carbocycles. The van der Waals surface area contributed by atoms with E-state index in [0.29, 0.717) is 6.04 Å². The van der Waals surface area contributed by atoms with Gasteiger partial charge in [-0.3, -0.25) is 0 Å². The van der Waals surface area contributed by atoms with Crippen molar-refractivity contribution in [3.05, 3.63) is 0 Å². The van der Waals surface area contributed by atoms with Crippen molar-refractivity contribution in [1.29, 1.82) is 0 Å². The van der Waals surface area contributed by atoms with Crippen LogP contribution in [0.5, 0.6) is 0 Å². The van der Waals surface area contributed by atoms with Crippen LogP contribution in [-0.2, 0) is 4.74 Å². The molecule has 4 heteroatoms. The molecule has 0 radical (unpaired) electrons. The molecule has 0 aromatic heterocycles. The summed E-state index contributed by atoms with van der Waals surface area (Å²) in [5.74, 6) is 0. The molecule has 15 heavy (non-hydrogen) atoms. The maximum absolute atomic E-state index is 5.45. The van der Waals surface area contributed by atoms with Gasteiger partial charge in [-0.2, -0.15) is 0 Å². The monoisotopic (exact) mass is 230 g/mol. The molecule has 1 rings (SSSR count). The third-order valence-corrected chi connectivity index (χ3v) is 3.15. The third-order valence-electron chi connectivity index (χ3n) is 2.77. The van der Waals surface area contributed by atoms with Crippen molar-refractivity contribution in [2.24, 2.45) is 0 Å². The standard InChI is InChI=1S/C11H22N2OS/c1-3-5-6-12-11(15)13-7-8-14-9-10(13)4-2/h10H,3-9H2,1-2H3,(H,12,15). The Morgan fingerprint density at radius 3 is 3.00 bits per heavy atom. The molecule has 1 saturated heterocycles. The fourth-order valence-electron chi connectivity index (χ4n) is 1.73. The minimum Gasteiger partial charge on any atom is -0.377 e. The molecular formula is C11H22N2OS. The van der Waals surface area contributed by atoms with Crippen LogP contribution in [0, 0.1) is 0 Å². The van der Waals surface area contributed by atoms with Gasteiger partial charge in [-0.25, -0.2) is 0 Å². The van der Waals surface area contributed by atoms with E-state index in [4.69, 9.17) is 17.0 Å². The lowest BCUT2D eigenvalue weighted by Gasteiger charge is -2.37. The van der Waals surface area contributed by atoms with Crippen molar-refractivity contribution in [3.63, 3.8) is 0 Å². The summed E-state index contributed by atoms with van der Waals surface area (Å²) in [4.78, 5) is 2.27. The molecule has 0 amide bonds. The van der Waals surface area contributed by atoms with Crippen molar-refractivity contribution >= 4 is 17.3 Å². The van der Waals surface area contributed by atoms with E-state index < -0.39 is 0 Å². The number of unbranched alkanes of at least 4 members (excludes halogenated alkanes) is 1. The molecule has 0 bridgehead atoms. The zero-order valence-corrected chi connectivity index (χ0v) is 10.6. The first-order valence-electron chi connectivity index (χ1n) is 5.91. The largest absolute Gasteiger partial charge is 0.377 e. The lowest BCUT2D eigenvalue weighted by Crippen LogP contribution is -2.52. The SMILES string of the molecule is CCCCNC(=S)N1CCOCC1CC. The molecular weight excluding hydrogens is 208 g/mol. The highest BCUT2D eigenvalue weighted by Gasteiger charge is 2.22. The lowest BCUT2D eigenvalue weighted by molar-refractivity contribution is 0.0249. The molecule has 1 unspecified atom stereocenters. The van der Waals surface area contributed by atoms with E-state index in [0.717, 1.165) is 37.8 Å². The number of hydrogen-bond acceptors (Lipinski definition) is 2. The first-order chi connectivity index (χ1) is 7.29. The summed E-state index contributed by atoms with van der Waals surface area (Å²) < 4.78 is 5.45. The summed E-state index contributed by atoms with van der Waals surface area (Å²) in [7, 11) is 0. The summed E-state index contributed by atoms with van der Waals surface area (Å²) >= 11 is 5.39. The molecule has 0 aromatic carbocycles. The van der Waals surface area contributed by atoms with Gasteiger partial charge < -0.3 is 15.0 Å². The Morgan fingerprint density at radius 1 is 1.53 bits per heavy atom. The van der Waals surface area contributed by atoms with Crippen molar-refractivity contribution in [2.75, 3.05) is 26.3 Å². The van der Waals surface area contributed by atoms with E-state index >= 15 is 0 Å². The van der Waals surface area contributed by atoms with Gasteiger partial charge in [0.15, 0.2) is 5.11 Å². The smallest absolute Gasteiger partial charge is 0.169 e. The van der Waals surface area contributed by atoms with E-state index in [-0.39, 0.29) is 0 Å². The topological polar surface area (TPSA) is 24.5 Å². The fourth-order valence-corrected chi connectivity index (χ4v) is 2.08. The molecule has 1 N–H and O–H groups in total. The summed E-state index contributed by atoms with van der Waals surface area (Å²) in [5, 5.41) is 4.22. The molecule has 1 aliphatic heterocycles. The summed E-state index contributed by atoms with van der Waals surface area (Å²) in [5.41, 5.74) is 0. The van der Waals surface area contributed by atoms with Gasteiger partial charge in [0.1, 0.15) is 0 Å². The number of ether oxygens (including phenoxy) is 1. The maximum atomic E-state index is 5.45. The van der Waals surface area contributed by atoms with Gasteiger partial charge in [0.25, 0.3) is 0 Å². The summed E-state index contributed by atoms with van der Waals surface area (Å²) in [6, 6.07) is 0.459.